The van der Waals surface area contributed by atoms with Crippen LogP contribution in [0.3, 0.4) is 0 Å². The van der Waals surface area contributed by atoms with Crippen molar-refractivity contribution in [2.45, 2.75) is 0 Å². The fourth-order valence-corrected chi connectivity index (χ4v) is 2.35. The number of hydrogen-bond donors (Lipinski definition) is 0. The summed E-state index contributed by atoms with van der Waals surface area (Å²) >= 11 is 12.4. The van der Waals surface area contributed by atoms with Crippen molar-refractivity contribution in [1.82, 2.24) is 4.37 Å². The number of benzene rings is 1. The Morgan fingerprint density at radius 1 is 1.20 bits per heavy atom. The zero-order chi connectivity index (χ0) is 14.7. The third-order valence-corrected chi connectivity index (χ3v) is 3.90. The lowest BCUT2D eigenvalue weighted by molar-refractivity contribution is 0.0593. The van der Waals surface area contributed by atoms with E-state index < -0.39 is 11.9 Å². The lowest BCUT2D eigenvalue weighted by Crippen LogP contribution is -2.12. The van der Waals surface area contributed by atoms with E-state index in [1.165, 1.54) is 19.2 Å². The van der Waals surface area contributed by atoms with E-state index in [0.29, 0.717) is 0 Å². The molecule has 0 spiro atoms. The maximum absolute atomic E-state index is 11.9. The average Bonchev–Trinajstić information content (AvgIpc) is 2.79. The molecule has 2 aromatic rings. The highest BCUT2D eigenvalue weighted by atomic mass is 35.5. The number of para-hydroxylation sites is 1. The quantitative estimate of drug-likeness (QED) is 0.636. The van der Waals surface area contributed by atoms with Crippen LogP contribution >= 0.6 is 34.7 Å². The Bertz CT molecular complexity index is 671. The number of halogens is 2. The van der Waals surface area contributed by atoms with Crippen LogP contribution in [0.15, 0.2) is 24.3 Å². The molecule has 5 nitrogen and oxygen atoms in total. The molecule has 0 saturated heterocycles. The van der Waals surface area contributed by atoms with Crippen LogP contribution in [0.4, 0.5) is 0 Å². The molecule has 0 radical (unpaired) electrons. The molecule has 0 aliphatic rings. The van der Waals surface area contributed by atoms with Gasteiger partial charge >= 0.3 is 11.9 Å². The number of carbonyl (C=O) groups excluding carboxylic acids is 2. The first kappa shape index (κ1) is 14.8. The van der Waals surface area contributed by atoms with E-state index in [1.807, 2.05) is 0 Å². The van der Waals surface area contributed by atoms with Gasteiger partial charge in [-0.25, -0.2) is 9.59 Å². The summed E-state index contributed by atoms with van der Waals surface area (Å²) in [5.74, 6) is -1.35. The van der Waals surface area contributed by atoms with E-state index in [2.05, 4.69) is 9.11 Å². The first-order chi connectivity index (χ1) is 9.54. The molecule has 0 amide bonds. The van der Waals surface area contributed by atoms with Crippen molar-refractivity contribution in [3.8, 4) is 5.75 Å². The molecule has 0 unspecified atom stereocenters. The van der Waals surface area contributed by atoms with Crippen molar-refractivity contribution in [2.24, 2.45) is 0 Å². The summed E-state index contributed by atoms with van der Waals surface area (Å²) < 4.78 is 13.7. The number of methoxy groups -OCH3 is 1. The van der Waals surface area contributed by atoms with E-state index in [1.54, 1.807) is 12.1 Å². The molecule has 0 fully saturated rings. The number of esters is 2. The lowest BCUT2D eigenvalue weighted by Gasteiger charge is -2.07. The predicted octanol–water partition coefficient (Wildman–Crippen LogP) is 3.46. The minimum atomic E-state index is -0.797. The van der Waals surface area contributed by atoms with Gasteiger partial charge in [0, 0.05) is 0 Å². The number of rotatable bonds is 3. The molecule has 1 aromatic heterocycles. The zero-order valence-electron chi connectivity index (χ0n) is 10.1. The topological polar surface area (TPSA) is 65.5 Å². The van der Waals surface area contributed by atoms with Gasteiger partial charge in [0.1, 0.15) is 20.7 Å². The summed E-state index contributed by atoms with van der Waals surface area (Å²) in [6, 6.07) is 6.18. The maximum atomic E-state index is 11.9. The minimum Gasteiger partial charge on any atom is -0.465 e. The summed E-state index contributed by atoms with van der Waals surface area (Å²) in [6.45, 7) is 0. The Morgan fingerprint density at radius 3 is 2.50 bits per heavy atom. The second kappa shape index (κ2) is 6.21. The molecule has 1 aromatic carbocycles. The monoisotopic (exact) mass is 331 g/mol. The standard InChI is InChI=1S/C12H7Cl2NO4S/c1-18-11(16)6-4-2-3-5-7(6)19-12(17)9-8(13)10(14)20-15-9/h2-5H,1H3. The molecule has 8 heteroatoms. The Labute approximate surface area is 128 Å². The molecule has 0 aliphatic carbocycles. The largest absolute Gasteiger partial charge is 0.465 e. The predicted molar refractivity (Wildman–Crippen MR) is 74.9 cm³/mol. The van der Waals surface area contributed by atoms with Crippen LogP contribution in [0.5, 0.6) is 5.75 Å². The summed E-state index contributed by atoms with van der Waals surface area (Å²) in [4.78, 5) is 23.5. The average molecular weight is 332 g/mol. The molecule has 2 rings (SSSR count). The molecule has 0 aliphatic heterocycles. The molecular weight excluding hydrogens is 325 g/mol. The van der Waals surface area contributed by atoms with Crippen LogP contribution in [0, 0.1) is 0 Å². The fourth-order valence-electron chi connectivity index (χ4n) is 1.37. The molecule has 0 saturated carbocycles. The van der Waals surface area contributed by atoms with Gasteiger partial charge in [-0.1, -0.05) is 35.3 Å². The van der Waals surface area contributed by atoms with Crippen molar-refractivity contribution >= 4 is 46.7 Å². The van der Waals surface area contributed by atoms with Crippen LogP contribution in [-0.2, 0) is 4.74 Å². The molecular formula is C12H7Cl2NO4S. The lowest BCUT2D eigenvalue weighted by atomic mass is 10.2. The van der Waals surface area contributed by atoms with Gasteiger partial charge in [0.25, 0.3) is 0 Å². The number of carbonyl (C=O) groups is 2. The third kappa shape index (κ3) is 2.92. The molecule has 0 atom stereocenters. The smallest absolute Gasteiger partial charge is 0.365 e. The Kier molecular flexibility index (Phi) is 4.59. The Balaban J connectivity index is 2.29. The van der Waals surface area contributed by atoms with Gasteiger partial charge in [-0.3, -0.25) is 0 Å². The molecule has 1 heterocycles. The number of nitrogens with zero attached hydrogens (tertiary/aromatic N) is 1. The third-order valence-electron chi connectivity index (χ3n) is 2.29. The van der Waals surface area contributed by atoms with Crippen molar-refractivity contribution in [1.29, 1.82) is 0 Å². The van der Waals surface area contributed by atoms with Gasteiger partial charge in [0.2, 0.25) is 0 Å². The van der Waals surface area contributed by atoms with Gasteiger partial charge in [0.15, 0.2) is 5.69 Å². The second-order valence-electron chi connectivity index (χ2n) is 3.50. The summed E-state index contributed by atoms with van der Waals surface area (Å²) in [6.07, 6.45) is 0. The summed E-state index contributed by atoms with van der Waals surface area (Å²) in [5.41, 5.74) is 0.0298. The highest BCUT2D eigenvalue weighted by Crippen LogP contribution is 2.30. The summed E-state index contributed by atoms with van der Waals surface area (Å²) in [5, 5.41) is 0.0252. The maximum Gasteiger partial charge on any atom is 0.365 e. The van der Waals surface area contributed by atoms with E-state index in [9.17, 15) is 9.59 Å². The first-order valence-electron chi connectivity index (χ1n) is 5.24. The molecule has 0 N–H and O–H groups in total. The fraction of sp³-hybridized carbons (Fsp3) is 0.0833. The Morgan fingerprint density at radius 2 is 1.90 bits per heavy atom. The van der Waals surface area contributed by atoms with Crippen LogP contribution in [0.2, 0.25) is 9.36 Å². The number of aromatic nitrogens is 1. The molecule has 20 heavy (non-hydrogen) atoms. The van der Waals surface area contributed by atoms with E-state index in [0.717, 1.165) is 11.5 Å². The highest BCUT2D eigenvalue weighted by Gasteiger charge is 2.22. The number of ether oxygens (including phenoxy) is 2. The van der Waals surface area contributed by atoms with Crippen LogP contribution in [0.1, 0.15) is 20.8 Å². The van der Waals surface area contributed by atoms with Gasteiger partial charge in [-0.05, 0) is 23.7 Å². The van der Waals surface area contributed by atoms with Crippen LogP contribution in [-0.4, -0.2) is 23.4 Å². The van der Waals surface area contributed by atoms with Gasteiger partial charge in [-0.15, -0.1) is 0 Å². The normalized spacial score (nSPS) is 10.2. The van der Waals surface area contributed by atoms with Crippen molar-refractivity contribution in [3.05, 3.63) is 44.9 Å². The van der Waals surface area contributed by atoms with Crippen molar-refractivity contribution in [3.63, 3.8) is 0 Å². The van der Waals surface area contributed by atoms with Gasteiger partial charge in [0.05, 0.1) is 7.11 Å². The first-order valence-corrected chi connectivity index (χ1v) is 6.77. The van der Waals surface area contributed by atoms with E-state index in [4.69, 9.17) is 27.9 Å². The SMILES string of the molecule is COC(=O)c1ccccc1OC(=O)c1nsc(Cl)c1Cl. The molecule has 0 bridgehead atoms. The number of hydrogen-bond acceptors (Lipinski definition) is 6. The van der Waals surface area contributed by atoms with Gasteiger partial charge in [-0.2, -0.15) is 4.37 Å². The second-order valence-corrected chi connectivity index (χ2v) is 5.25. The van der Waals surface area contributed by atoms with E-state index in [-0.39, 0.29) is 26.4 Å². The van der Waals surface area contributed by atoms with Crippen LogP contribution < -0.4 is 4.74 Å². The minimum absolute atomic E-state index is 0.0252. The van der Waals surface area contributed by atoms with Crippen molar-refractivity contribution < 1.29 is 19.1 Å². The zero-order valence-corrected chi connectivity index (χ0v) is 12.4. The van der Waals surface area contributed by atoms with Gasteiger partial charge < -0.3 is 9.47 Å². The van der Waals surface area contributed by atoms with Crippen molar-refractivity contribution in [2.75, 3.05) is 7.11 Å². The summed E-state index contributed by atoms with van der Waals surface area (Å²) in [7, 11) is 1.23. The molecule has 104 valence electrons. The van der Waals surface area contributed by atoms with E-state index >= 15 is 0 Å². The Hall–Kier alpha value is -1.63. The van der Waals surface area contributed by atoms with Crippen LogP contribution in [0.25, 0.3) is 0 Å². The highest BCUT2D eigenvalue weighted by molar-refractivity contribution is 7.11.